The van der Waals surface area contributed by atoms with Gasteiger partial charge in [-0.15, -0.1) is 0 Å². The summed E-state index contributed by atoms with van der Waals surface area (Å²) in [6.45, 7) is 0. The zero-order valence-corrected chi connectivity index (χ0v) is 12.3. The molecule has 6 atom stereocenters. The van der Waals surface area contributed by atoms with Crippen LogP contribution in [0.15, 0.2) is 32.0 Å². The first-order valence-corrected chi connectivity index (χ1v) is 8.11. The van der Waals surface area contributed by atoms with Crippen molar-refractivity contribution in [3.8, 4) is 0 Å². The van der Waals surface area contributed by atoms with Crippen molar-refractivity contribution in [2.24, 2.45) is 28.1 Å². The molecule has 7 nitrogen and oxygen atoms in total. The molecule has 1 aromatic rings. The van der Waals surface area contributed by atoms with E-state index in [0.717, 1.165) is 25.7 Å². The largest absolute Gasteiger partial charge is 0.347 e. The minimum absolute atomic E-state index is 0.00863. The summed E-state index contributed by atoms with van der Waals surface area (Å²) in [7, 11) is 1.58. The standard InChI is InChI=1S/C15H17N5O2/c1-18-12(21)19-10-4-5-11(20(19)13(18)22)15-7-6-14(10,15)8-2-3-9(15)17-16-8/h4-5,8-11H,2-3,6-7H2,1H3/t8-,9?,10?,11+,14+,15?/m1/s1. The molecule has 4 aliphatic heterocycles. The molecule has 2 fully saturated rings. The highest BCUT2D eigenvalue weighted by molar-refractivity contribution is 5.36. The molecule has 0 N–H and O–H groups in total. The Morgan fingerprint density at radius 3 is 1.77 bits per heavy atom. The Morgan fingerprint density at radius 1 is 0.955 bits per heavy atom. The van der Waals surface area contributed by atoms with Crippen LogP contribution in [0.25, 0.3) is 0 Å². The lowest BCUT2D eigenvalue weighted by Gasteiger charge is -2.75. The molecule has 2 saturated carbocycles. The molecule has 1 aromatic heterocycles. The van der Waals surface area contributed by atoms with Gasteiger partial charge in [0.1, 0.15) is 0 Å². The predicted octanol–water partition coefficient (Wildman–Crippen LogP) is 0.777. The molecule has 0 aromatic carbocycles. The molecule has 0 saturated heterocycles. The maximum Gasteiger partial charge on any atom is 0.347 e. The topological polar surface area (TPSA) is 73.7 Å². The summed E-state index contributed by atoms with van der Waals surface area (Å²) < 4.78 is 4.66. The molecule has 0 amide bonds. The Hall–Kier alpha value is -1.92. The zero-order chi connectivity index (χ0) is 14.9. The van der Waals surface area contributed by atoms with Gasteiger partial charge in [0.05, 0.1) is 24.2 Å². The average Bonchev–Trinajstić information content (AvgIpc) is 2.75. The molecule has 22 heavy (non-hydrogen) atoms. The molecule has 4 bridgehead atoms. The van der Waals surface area contributed by atoms with Gasteiger partial charge in [-0.25, -0.2) is 23.5 Å². The van der Waals surface area contributed by atoms with Gasteiger partial charge in [0.2, 0.25) is 0 Å². The number of hydrogen-bond donors (Lipinski definition) is 0. The monoisotopic (exact) mass is 299 g/mol. The number of nitrogens with zero attached hydrogens (tertiary/aromatic N) is 5. The smallest absolute Gasteiger partial charge is 0.246 e. The lowest BCUT2D eigenvalue weighted by Crippen LogP contribution is -2.76. The van der Waals surface area contributed by atoms with E-state index in [1.54, 1.807) is 16.4 Å². The predicted molar refractivity (Wildman–Crippen MR) is 76.9 cm³/mol. The van der Waals surface area contributed by atoms with Crippen molar-refractivity contribution < 1.29 is 0 Å². The molecule has 3 unspecified atom stereocenters. The van der Waals surface area contributed by atoms with Crippen LogP contribution in [0.5, 0.6) is 0 Å². The fraction of sp³-hybridized carbons (Fsp3) is 0.733. The van der Waals surface area contributed by atoms with Crippen LogP contribution in [0.1, 0.15) is 37.8 Å². The van der Waals surface area contributed by atoms with Crippen molar-refractivity contribution in [1.29, 1.82) is 0 Å². The van der Waals surface area contributed by atoms with Gasteiger partial charge in [-0.2, -0.15) is 10.2 Å². The van der Waals surface area contributed by atoms with Crippen LogP contribution in [0.3, 0.4) is 0 Å². The van der Waals surface area contributed by atoms with Crippen molar-refractivity contribution in [2.45, 2.75) is 49.9 Å². The Bertz CT molecular complexity index is 835. The van der Waals surface area contributed by atoms with Gasteiger partial charge in [-0.3, -0.25) is 0 Å². The second-order valence-corrected chi connectivity index (χ2v) is 7.51. The van der Waals surface area contributed by atoms with Gasteiger partial charge in [0.15, 0.2) is 0 Å². The maximum atomic E-state index is 12.6. The first-order chi connectivity index (χ1) is 10.6. The number of rotatable bonds is 0. The van der Waals surface area contributed by atoms with Crippen molar-refractivity contribution in [3.05, 3.63) is 33.1 Å². The fourth-order valence-corrected chi connectivity index (χ4v) is 6.44. The normalized spacial score (nSPS) is 48.8. The van der Waals surface area contributed by atoms with Gasteiger partial charge in [-0.1, -0.05) is 12.2 Å². The third kappa shape index (κ3) is 0.802. The van der Waals surface area contributed by atoms with Crippen LogP contribution in [0, 0.1) is 10.8 Å². The summed E-state index contributed by atoms with van der Waals surface area (Å²) in [5, 5.41) is 9.16. The average molecular weight is 299 g/mol. The maximum absolute atomic E-state index is 12.6. The number of azo groups is 1. The third-order valence-electron chi connectivity index (χ3n) is 7.32. The molecule has 114 valence electrons. The van der Waals surface area contributed by atoms with E-state index in [9.17, 15) is 9.59 Å². The van der Waals surface area contributed by atoms with Gasteiger partial charge >= 0.3 is 11.4 Å². The lowest BCUT2D eigenvalue weighted by atomic mass is 9.34. The molecule has 0 radical (unpaired) electrons. The van der Waals surface area contributed by atoms with Crippen LogP contribution in [-0.2, 0) is 7.05 Å². The van der Waals surface area contributed by atoms with Crippen molar-refractivity contribution in [1.82, 2.24) is 13.9 Å². The Balaban J connectivity index is 1.76. The quantitative estimate of drug-likeness (QED) is 0.664. The van der Waals surface area contributed by atoms with Crippen LogP contribution >= 0.6 is 0 Å². The van der Waals surface area contributed by atoms with Crippen LogP contribution in [0.4, 0.5) is 0 Å². The summed E-state index contributed by atoms with van der Waals surface area (Å²) in [5.74, 6) is 0. The number of aromatic nitrogens is 3. The molecular weight excluding hydrogens is 282 g/mol. The summed E-state index contributed by atoms with van der Waals surface area (Å²) in [4.78, 5) is 25.2. The molecule has 7 heteroatoms. The van der Waals surface area contributed by atoms with Crippen LogP contribution < -0.4 is 11.4 Å². The van der Waals surface area contributed by atoms with Crippen molar-refractivity contribution >= 4 is 0 Å². The van der Waals surface area contributed by atoms with Gasteiger partial charge in [0.25, 0.3) is 0 Å². The molecular formula is C15H17N5O2. The van der Waals surface area contributed by atoms with Crippen molar-refractivity contribution in [3.63, 3.8) is 0 Å². The van der Waals surface area contributed by atoms with Gasteiger partial charge in [0, 0.05) is 17.9 Å². The van der Waals surface area contributed by atoms with E-state index in [2.05, 4.69) is 22.4 Å². The zero-order valence-electron chi connectivity index (χ0n) is 12.3. The third-order valence-corrected chi connectivity index (χ3v) is 7.32. The SMILES string of the molecule is Cn1c(=O)n2n(c1=O)[C@H]1C=CC2[C@@]23CCC12C1CC[C@H]3N=N1. The minimum Gasteiger partial charge on any atom is -0.246 e. The first kappa shape index (κ1) is 11.6. The molecule has 8 rings (SSSR count). The summed E-state index contributed by atoms with van der Waals surface area (Å²) >= 11 is 0. The number of fused-ring (bicyclic) bond motifs is 1. The highest BCUT2D eigenvalue weighted by Crippen LogP contribution is 2.78. The molecule has 5 heterocycles. The second kappa shape index (κ2) is 3.07. The Morgan fingerprint density at radius 2 is 1.41 bits per heavy atom. The van der Waals surface area contributed by atoms with E-state index in [-0.39, 0.29) is 46.4 Å². The molecule has 0 spiro atoms. The van der Waals surface area contributed by atoms with Gasteiger partial charge in [-0.05, 0) is 25.7 Å². The fourth-order valence-electron chi connectivity index (χ4n) is 6.44. The second-order valence-electron chi connectivity index (χ2n) is 7.51. The highest BCUT2D eigenvalue weighted by Gasteiger charge is 2.78. The van der Waals surface area contributed by atoms with E-state index in [4.69, 9.17) is 0 Å². The summed E-state index contributed by atoms with van der Waals surface area (Å²) in [6, 6.07) is 0.332. The number of allylic oxidation sites excluding steroid dienone is 2. The van der Waals surface area contributed by atoms with Crippen molar-refractivity contribution in [2.75, 3.05) is 0 Å². The number of hydrogen-bond acceptors (Lipinski definition) is 4. The first-order valence-electron chi connectivity index (χ1n) is 8.11. The van der Waals surface area contributed by atoms with E-state index < -0.39 is 0 Å². The lowest BCUT2D eigenvalue weighted by molar-refractivity contribution is -0.234. The van der Waals surface area contributed by atoms with Crippen LogP contribution in [0.2, 0.25) is 0 Å². The van der Waals surface area contributed by atoms with E-state index in [0.29, 0.717) is 0 Å². The van der Waals surface area contributed by atoms with E-state index in [1.807, 2.05) is 0 Å². The summed E-state index contributed by atoms with van der Waals surface area (Å²) in [5.41, 5.74) is -0.376. The van der Waals surface area contributed by atoms with Gasteiger partial charge < -0.3 is 0 Å². The summed E-state index contributed by atoms with van der Waals surface area (Å²) in [6.07, 6.45) is 8.62. The van der Waals surface area contributed by atoms with E-state index in [1.165, 1.54) is 4.57 Å². The van der Waals surface area contributed by atoms with E-state index >= 15 is 0 Å². The molecule has 3 aliphatic carbocycles. The Kier molecular flexibility index (Phi) is 1.62. The Labute approximate surface area is 125 Å². The minimum atomic E-state index is -0.197. The molecule has 7 aliphatic rings. The van der Waals surface area contributed by atoms with Crippen LogP contribution in [-0.4, -0.2) is 26.0 Å². The highest BCUT2D eigenvalue weighted by atomic mass is 16.2.